The molecule has 19 heteroatoms. The average molecular weight is 1380 g/mol. The summed E-state index contributed by atoms with van der Waals surface area (Å²) in [7, 11) is 0. The third kappa shape index (κ3) is 169. The van der Waals surface area contributed by atoms with Crippen LogP contribution in [0.1, 0.15) is 0 Å². The van der Waals surface area contributed by atoms with Crippen LogP contribution in [0, 0.1) is 80.8 Å². The maximum absolute atomic E-state index is 0. The molecule has 0 unspecified atom stereocenters. The van der Waals surface area contributed by atoms with Crippen LogP contribution in [0.15, 0.2) is 0 Å². The van der Waals surface area contributed by atoms with Crippen molar-refractivity contribution >= 4 is 0 Å². The average Bonchev–Trinajstić information content (AvgIpc) is 0. The van der Waals surface area contributed by atoms with E-state index in [-0.39, 0.29) is 371 Å². The predicted octanol–water partition coefficient (Wildman–Crippen LogP) is -0.0425. The Morgan fingerprint density at radius 3 is 0.105 bits per heavy atom. The zero-order chi connectivity index (χ0) is 0. The van der Waals surface area contributed by atoms with E-state index in [4.69, 9.17) is 0 Å². The maximum atomic E-state index is 0. The van der Waals surface area contributed by atoms with Crippen LogP contribution in [0.25, 0.3) is 0 Å². The fourth-order valence-electron chi connectivity index (χ4n) is 0. The van der Waals surface area contributed by atoms with Crippen LogP contribution in [0.2, 0.25) is 0 Å². The first-order valence-corrected chi connectivity index (χ1v) is 0. The fourth-order valence-corrected chi connectivity index (χ4v) is 0. The fraction of sp³-hybridized carbons (Fsp3) is 0. The Labute approximate surface area is 361 Å². The molecular formula is Cu17Sm2. The van der Waals surface area contributed by atoms with Gasteiger partial charge in [0, 0.05) is 371 Å². The van der Waals surface area contributed by atoms with Gasteiger partial charge in [0.05, 0.1) is 0 Å². The molecule has 0 aromatic heterocycles. The first-order chi connectivity index (χ1) is 0. The molecule has 0 atom stereocenters. The van der Waals surface area contributed by atoms with Crippen molar-refractivity contribution in [1.29, 1.82) is 0 Å². The van der Waals surface area contributed by atoms with E-state index >= 15 is 0 Å². The van der Waals surface area contributed by atoms with Gasteiger partial charge >= 0.3 is 0 Å². The summed E-state index contributed by atoms with van der Waals surface area (Å²) in [5.41, 5.74) is 0. The van der Waals surface area contributed by atoms with Gasteiger partial charge in [0.15, 0.2) is 0 Å². The van der Waals surface area contributed by atoms with E-state index in [0.29, 0.717) is 0 Å². The van der Waals surface area contributed by atoms with Crippen molar-refractivity contribution in [2.24, 2.45) is 0 Å². The first kappa shape index (κ1) is 201. The van der Waals surface area contributed by atoms with E-state index in [0.717, 1.165) is 0 Å². The molecule has 0 aromatic carbocycles. The van der Waals surface area contributed by atoms with Crippen molar-refractivity contribution in [3.63, 3.8) is 0 Å². The second-order valence-electron chi connectivity index (χ2n) is 0. The summed E-state index contributed by atoms with van der Waals surface area (Å²) in [6.45, 7) is 0. The maximum Gasteiger partial charge on any atom is 0 e. The summed E-state index contributed by atoms with van der Waals surface area (Å²) in [5.74, 6) is 0. The molecular weight excluding hydrogens is 1380 g/mol. The summed E-state index contributed by atoms with van der Waals surface area (Å²) in [4.78, 5) is 0. The van der Waals surface area contributed by atoms with Gasteiger partial charge in [-0.05, 0) is 0 Å². The zero-order valence-corrected chi connectivity index (χ0v) is 27.2. The van der Waals surface area contributed by atoms with Gasteiger partial charge in [-0.25, -0.2) is 0 Å². The smallest absolute Gasteiger partial charge is 0 e. The standard InChI is InChI=1S/17Cu.2Sm. The largest absolute Gasteiger partial charge is 0 e. The van der Waals surface area contributed by atoms with E-state index in [1.54, 1.807) is 0 Å². The molecule has 0 bridgehead atoms. The Morgan fingerprint density at radius 1 is 0.105 bits per heavy atom. The van der Waals surface area contributed by atoms with Crippen LogP contribution < -0.4 is 0 Å². The van der Waals surface area contributed by atoms with Crippen molar-refractivity contribution in [1.82, 2.24) is 0 Å². The molecule has 0 aromatic rings. The zero-order valence-electron chi connectivity index (χ0n) is 5.94. The topological polar surface area (TPSA) is 0 Å². The quantitative estimate of drug-likeness (QED) is 0.300. The van der Waals surface area contributed by atoms with Crippen LogP contribution >= 0.6 is 0 Å². The molecule has 0 saturated heterocycles. The molecule has 0 nitrogen and oxygen atoms in total. The summed E-state index contributed by atoms with van der Waals surface area (Å²) in [6, 6.07) is 0. The van der Waals surface area contributed by atoms with Gasteiger partial charge < -0.3 is 0 Å². The van der Waals surface area contributed by atoms with Gasteiger partial charge in [-0.15, -0.1) is 0 Å². The van der Waals surface area contributed by atoms with E-state index in [9.17, 15) is 0 Å². The molecule has 0 heterocycles. The normalized spacial score (nSPS) is 0. The molecule has 0 amide bonds. The van der Waals surface area contributed by atoms with Crippen molar-refractivity contribution in [2.45, 2.75) is 0 Å². The summed E-state index contributed by atoms with van der Waals surface area (Å²) < 4.78 is 0. The van der Waals surface area contributed by atoms with Crippen molar-refractivity contribution in [2.75, 3.05) is 0 Å². The number of rotatable bonds is 0. The minimum absolute atomic E-state index is 0. The van der Waals surface area contributed by atoms with Crippen molar-refractivity contribution < 1.29 is 371 Å². The second-order valence-corrected chi connectivity index (χ2v) is 0. The third-order valence-corrected chi connectivity index (χ3v) is 0. The van der Waals surface area contributed by atoms with Crippen molar-refractivity contribution in [3.05, 3.63) is 0 Å². The van der Waals surface area contributed by atoms with Crippen LogP contribution in [-0.4, -0.2) is 0 Å². The van der Waals surface area contributed by atoms with Crippen LogP contribution in [-0.2, 0) is 290 Å². The predicted molar refractivity (Wildman–Crippen MR) is 0 cm³/mol. The van der Waals surface area contributed by atoms with E-state index < -0.39 is 0 Å². The monoisotopic (exact) mass is 1370 g/mol. The Bertz CT molecular complexity index is 9.22. The van der Waals surface area contributed by atoms with Gasteiger partial charge in [0.25, 0.3) is 0 Å². The molecule has 199 valence electrons. The number of hydrogen-bond acceptors (Lipinski definition) is 0. The molecule has 0 spiro atoms. The minimum Gasteiger partial charge on any atom is 0 e. The second kappa shape index (κ2) is 181. The molecule has 19 heavy (non-hydrogen) atoms. The molecule has 0 N–H and O–H groups in total. The molecule has 0 aliphatic rings. The SMILES string of the molecule is [Cu].[Cu].[Cu].[Cu].[Cu].[Cu].[Cu].[Cu].[Cu].[Cu].[Cu].[Cu].[Cu].[Cu].[Cu].[Cu].[Cu].[Sm].[Sm]. The van der Waals surface area contributed by atoms with Crippen LogP contribution in [0.5, 0.6) is 0 Å². The molecule has 0 aliphatic heterocycles. The Balaban J connectivity index is 0. The Kier molecular flexibility index (Phi) is 1910. The first-order valence-electron chi connectivity index (χ1n) is 0. The molecule has 0 fully saturated rings. The van der Waals surface area contributed by atoms with Gasteiger partial charge in [-0.3, -0.25) is 0 Å². The Morgan fingerprint density at radius 2 is 0.105 bits per heavy atom. The summed E-state index contributed by atoms with van der Waals surface area (Å²) in [6.07, 6.45) is 0. The van der Waals surface area contributed by atoms with E-state index in [1.165, 1.54) is 0 Å². The summed E-state index contributed by atoms with van der Waals surface area (Å²) in [5, 5.41) is 0. The molecule has 0 aliphatic carbocycles. The van der Waals surface area contributed by atoms with Gasteiger partial charge in [-0.1, -0.05) is 0 Å². The molecule has 0 rings (SSSR count). The Hall–Kier alpha value is 11.5. The van der Waals surface area contributed by atoms with Gasteiger partial charge in [-0.2, -0.15) is 0 Å². The van der Waals surface area contributed by atoms with Crippen LogP contribution in [0.3, 0.4) is 0 Å². The van der Waals surface area contributed by atoms with Crippen LogP contribution in [0.4, 0.5) is 0 Å². The van der Waals surface area contributed by atoms with Crippen molar-refractivity contribution in [3.8, 4) is 0 Å². The van der Waals surface area contributed by atoms with E-state index in [2.05, 4.69) is 0 Å². The number of hydrogen-bond donors (Lipinski definition) is 0. The molecule has 17 radical (unpaired) electrons. The van der Waals surface area contributed by atoms with Gasteiger partial charge in [0.2, 0.25) is 0 Å². The van der Waals surface area contributed by atoms with Gasteiger partial charge in [0.1, 0.15) is 0 Å². The van der Waals surface area contributed by atoms with E-state index in [1.807, 2.05) is 0 Å². The minimum atomic E-state index is 0. The summed E-state index contributed by atoms with van der Waals surface area (Å²) >= 11 is 0. The molecule has 0 saturated carbocycles. The third-order valence-electron chi connectivity index (χ3n) is 0.